The van der Waals surface area contributed by atoms with Crippen LogP contribution in [0.1, 0.15) is 39.9 Å². The number of aryl methyl sites for hydroxylation is 2. The van der Waals surface area contributed by atoms with E-state index in [1.165, 1.54) is 11.3 Å². The smallest absolute Gasteiger partial charge is 0.348 e. The van der Waals surface area contributed by atoms with Crippen molar-refractivity contribution in [2.75, 3.05) is 23.4 Å². The van der Waals surface area contributed by atoms with E-state index in [1.807, 2.05) is 26.0 Å². The number of hydrogen-bond donors (Lipinski definition) is 1. The Morgan fingerprint density at radius 1 is 1.30 bits per heavy atom. The van der Waals surface area contributed by atoms with E-state index in [4.69, 9.17) is 4.74 Å². The van der Waals surface area contributed by atoms with Crippen molar-refractivity contribution >= 4 is 40.5 Å². The maximum Gasteiger partial charge on any atom is 0.348 e. The highest BCUT2D eigenvalue weighted by molar-refractivity contribution is 7.14. The summed E-state index contributed by atoms with van der Waals surface area (Å²) < 4.78 is 5.14. The van der Waals surface area contributed by atoms with Crippen molar-refractivity contribution in [3.63, 3.8) is 0 Å². The number of benzene rings is 1. The summed E-state index contributed by atoms with van der Waals surface area (Å²) in [6, 6.07) is 8.95. The molecule has 7 heteroatoms. The standard InChI is InChI=1S/C20H22N2O4S/c1-3-14-11-17(27-13(14)2)20(25)26-12-18(23)21-15-7-4-5-8-16(15)22-10-6-9-19(22)24/h4-5,7-8,11H,3,6,9-10,12H2,1-2H3,(H,21,23). The van der Waals surface area contributed by atoms with Crippen LogP contribution in [0.15, 0.2) is 30.3 Å². The third kappa shape index (κ3) is 4.36. The summed E-state index contributed by atoms with van der Waals surface area (Å²) in [6.45, 7) is 4.25. The number of carbonyl (C=O) groups excluding carboxylic acids is 3. The molecule has 2 aromatic rings. The van der Waals surface area contributed by atoms with Gasteiger partial charge in [-0.25, -0.2) is 4.79 Å². The van der Waals surface area contributed by atoms with Gasteiger partial charge >= 0.3 is 5.97 Å². The molecule has 0 bridgehead atoms. The van der Waals surface area contributed by atoms with Gasteiger partial charge < -0.3 is 15.0 Å². The predicted octanol–water partition coefficient (Wildman–Crippen LogP) is 3.54. The number of hydrogen-bond acceptors (Lipinski definition) is 5. The molecule has 0 aliphatic carbocycles. The lowest BCUT2D eigenvalue weighted by Crippen LogP contribution is -2.26. The number of para-hydroxylation sites is 2. The lowest BCUT2D eigenvalue weighted by Gasteiger charge is -2.19. The van der Waals surface area contributed by atoms with Crippen molar-refractivity contribution in [1.82, 2.24) is 0 Å². The Morgan fingerprint density at radius 3 is 2.74 bits per heavy atom. The Bertz CT molecular complexity index is 875. The number of ether oxygens (including phenoxy) is 1. The van der Waals surface area contributed by atoms with Crippen LogP contribution in [0.4, 0.5) is 11.4 Å². The van der Waals surface area contributed by atoms with Crippen LogP contribution in [-0.4, -0.2) is 30.9 Å². The number of nitrogens with zero attached hydrogens (tertiary/aromatic N) is 1. The highest BCUT2D eigenvalue weighted by Crippen LogP contribution is 2.29. The molecular formula is C20H22N2O4S. The molecule has 27 heavy (non-hydrogen) atoms. The van der Waals surface area contributed by atoms with Gasteiger partial charge in [-0.15, -0.1) is 11.3 Å². The number of anilines is 2. The first-order valence-electron chi connectivity index (χ1n) is 8.95. The molecule has 1 aromatic heterocycles. The minimum Gasteiger partial charge on any atom is -0.451 e. The fourth-order valence-corrected chi connectivity index (χ4v) is 4.09. The first-order valence-corrected chi connectivity index (χ1v) is 9.77. The summed E-state index contributed by atoms with van der Waals surface area (Å²) in [6.07, 6.45) is 2.17. The highest BCUT2D eigenvalue weighted by atomic mass is 32.1. The van der Waals surface area contributed by atoms with Gasteiger partial charge in [-0.2, -0.15) is 0 Å². The topological polar surface area (TPSA) is 75.7 Å². The van der Waals surface area contributed by atoms with Gasteiger partial charge in [0.05, 0.1) is 11.4 Å². The van der Waals surface area contributed by atoms with E-state index in [-0.39, 0.29) is 12.5 Å². The van der Waals surface area contributed by atoms with E-state index in [0.717, 1.165) is 23.3 Å². The van der Waals surface area contributed by atoms with Crippen molar-refractivity contribution in [2.45, 2.75) is 33.1 Å². The van der Waals surface area contributed by atoms with E-state index < -0.39 is 11.9 Å². The largest absolute Gasteiger partial charge is 0.451 e. The molecule has 1 aromatic carbocycles. The zero-order chi connectivity index (χ0) is 19.4. The Labute approximate surface area is 162 Å². The second-order valence-electron chi connectivity index (χ2n) is 6.34. The van der Waals surface area contributed by atoms with Crippen molar-refractivity contribution in [2.24, 2.45) is 0 Å². The molecule has 1 aliphatic rings. The lowest BCUT2D eigenvalue weighted by atomic mass is 10.2. The zero-order valence-corrected chi connectivity index (χ0v) is 16.2. The van der Waals surface area contributed by atoms with Crippen LogP contribution in [0.25, 0.3) is 0 Å². The molecule has 0 unspecified atom stereocenters. The SMILES string of the molecule is CCc1cc(C(=O)OCC(=O)Nc2ccccc2N2CCCC2=O)sc1C. The maximum absolute atomic E-state index is 12.2. The molecule has 0 saturated carbocycles. The molecule has 6 nitrogen and oxygen atoms in total. The Balaban J connectivity index is 1.61. The molecule has 1 aliphatic heterocycles. The normalized spacial score (nSPS) is 13.7. The third-order valence-corrected chi connectivity index (χ3v) is 5.55. The second-order valence-corrected chi connectivity index (χ2v) is 7.59. The fraction of sp³-hybridized carbons (Fsp3) is 0.350. The van der Waals surface area contributed by atoms with Gasteiger partial charge in [0.1, 0.15) is 4.88 Å². The molecule has 1 N–H and O–H groups in total. The minimum absolute atomic E-state index is 0.0444. The van der Waals surface area contributed by atoms with E-state index in [9.17, 15) is 14.4 Å². The number of rotatable bonds is 6. The molecule has 0 spiro atoms. The summed E-state index contributed by atoms with van der Waals surface area (Å²) in [5, 5.41) is 2.74. The van der Waals surface area contributed by atoms with Crippen LogP contribution < -0.4 is 10.2 Å². The maximum atomic E-state index is 12.2. The van der Waals surface area contributed by atoms with Crippen LogP contribution >= 0.6 is 11.3 Å². The second kappa shape index (κ2) is 8.35. The number of amides is 2. The van der Waals surface area contributed by atoms with E-state index in [1.54, 1.807) is 23.1 Å². The van der Waals surface area contributed by atoms with Crippen LogP contribution in [0.2, 0.25) is 0 Å². The number of carbonyl (C=O) groups is 3. The van der Waals surface area contributed by atoms with E-state index in [2.05, 4.69) is 5.32 Å². The quantitative estimate of drug-likeness (QED) is 0.771. The summed E-state index contributed by atoms with van der Waals surface area (Å²) in [4.78, 5) is 39.6. The molecule has 142 valence electrons. The minimum atomic E-state index is -0.499. The predicted molar refractivity (Wildman–Crippen MR) is 105 cm³/mol. The fourth-order valence-electron chi connectivity index (χ4n) is 3.08. The molecule has 2 heterocycles. The van der Waals surface area contributed by atoms with Gasteiger partial charge in [0.15, 0.2) is 6.61 Å². The van der Waals surface area contributed by atoms with Crippen molar-refractivity contribution in [1.29, 1.82) is 0 Å². The first-order chi connectivity index (χ1) is 13.0. The Hall–Kier alpha value is -2.67. The Kier molecular flexibility index (Phi) is 5.91. The summed E-state index contributed by atoms with van der Waals surface area (Å²) in [5.74, 6) is -0.893. The summed E-state index contributed by atoms with van der Waals surface area (Å²) in [7, 11) is 0. The number of esters is 1. The summed E-state index contributed by atoms with van der Waals surface area (Å²) >= 11 is 1.37. The monoisotopic (exact) mass is 386 g/mol. The van der Waals surface area contributed by atoms with Crippen LogP contribution in [0.3, 0.4) is 0 Å². The van der Waals surface area contributed by atoms with Gasteiger partial charge in [-0.3, -0.25) is 9.59 Å². The first kappa shape index (κ1) is 19.1. The Morgan fingerprint density at radius 2 is 2.07 bits per heavy atom. The molecule has 0 atom stereocenters. The highest BCUT2D eigenvalue weighted by Gasteiger charge is 2.24. The number of thiophene rings is 1. The van der Waals surface area contributed by atoms with Gasteiger partial charge in [0, 0.05) is 17.8 Å². The van der Waals surface area contributed by atoms with E-state index in [0.29, 0.717) is 29.2 Å². The van der Waals surface area contributed by atoms with Gasteiger partial charge in [0.25, 0.3) is 5.91 Å². The summed E-state index contributed by atoms with van der Waals surface area (Å²) in [5.41, 5.74) is 2.32. The van der Waals surface area contributed by atoms with Gasteiger partial charge in [-0.05, 0) is 43.5 Å². The van der Waals surface area contributed by atoms with Crippen molar-refractivity contribution in [3.05, 3.63) is 45.6 Å². The van der Waals surface area contributed by atoms with Gasteiger partial charge in [0.2, 0.25) is 5.91 Å². The molecule has 1 fully saturated rings. The van der Waals surface area contributed by atoms with Crippen molar-refractivity contribution in [3.8, 4) is 0 Å². The van der Waals surface area contributed by atoms with Crippen LogP contribution in [-0.2, 0) is 20.7 Å². The third-order valence-electron chi connectivity index (χ3n) is 4.48. The molecule has 1 saturated heterocycles. The molecule has 2 amide bonds. The van der Waals surface area contributed by atoms with E-state index >= 15 is 0 Å². The molecule has 0 radical (unpaired) electrons. The van der Waals surface area contributed by atoms with Crippen molar-refractivity contribution < 1.29 is 19.1 Å². The van der Waals surface area contributed by atoms with Crippen LogP contribution in [0, 0.1) is 6.92 Å². The zero-order valence-electron chi connectivity index (χ0n) is 15.4. The lowest BCUT2D eigenvalue weighted by molar-refractivity contribution is -0.119. The average Bonchev–Trinajstić information content (AvgIpc) is 3.25. The van der Waals surface area contributed by atoms with Crippen LogP contribution in [0.5, 0.6) is 0 Å². The molecule has 3 rings (SSSR count). The molecular weight excluding hydrogens is 364 g/mol. The average molecular weight is 386 g/mol. The van der Waals surface area contributed by atoms with Gasteiger partial charge in [-0.1, -0.05) is 19.1 Å². The number of nitrogens with one attached hydrogen (secondary N) is 1.